The normalized spacial score (nSPS) is 13.1. The van der Waals surface area contributed by atoms with Gasteiger partial charge in [0.05, 0.1) is 27.4 Å². The zero-order valence-electron chi connectivity index (χ0n) is 94.5. The van der Waals surface area contributed by atoms with Crippen LogP contribution in [-0.2, 0) is 40.2 Å². The second-order valence-corrected chi connectivity index (χ2v) is 33.1. The zero-order chi connectivity index (χ0) is 109. The van der Waals surface area contributed by atoms with Crippen LogP contribution in [0.4, 0.5) is 0 Å². The van der Waals surface area contributed by atoms with Crippen LogP contribution in [0.2, 0.25) is 0 Å². The molecule has 16 aromatic carbocycles. The Morgan fingerprint density at radius 1 is 0.174 bits per heavy atom. The summed E-state index contributed by atoms with van der Waals surface area (Å²) in [5.41, 5.74) is 32.2. The molecule has 0 aliphatic rings. The summed E-state index contributed by atoms with van der Waals surface area (Å²) in [6.45, 7) is 7.33. The molecule has 0 saturated heterocycles. The molecule has 22 rings (SSSR count). The van der Waals surface area contributed by atoms with Crippen LogP contribution < -0.4 is 0 Å². The number of aryl methyl sites for hydroxylation is 4. The summed E-state index contributed by atoms with van der Waals surface area (Å²) in [6.07, 6.45) is 9.90. The van der Waals surface area contributed by atoms with E-state index in [1.165, 1.54) is 0 Å². The number of hydrogen-bond donors (Lipinski definition) is 0. The fourth-order valence-electron chi connectivity index (χ4n) is 17.8. The van der Waals surface area contributed by atoms with Crippen molar-refractivity contribution in [3.05, 3.63) is 508 Å². The van der Waals surface area contributed by atoms with E-state index in [4.69, 9.17) is 57.3 Å². The maximum absolute atomic E-state index is 8.71. The summed E-state index contributed by atoms with van der Waals surface area (Å²) in [4.78, 5) is 29.3. The van der Waals surface area contributed by atoms with Crippen LogP contribution in [0.25, 0.3) is 234 Å². The first-order valence-corrected chi connectivity index (χ1v) is 44.2. The maximum Gasteiger partial charge on any atom is 3.00 e. The van der Waals surface area contributed by atoms with Crippen molar-refractivity contribution < 1.29 is 67.6 Å². The van der Waals surface area contributed by atoms with Gasteiger partial charge >= 0.3 is 40.2 Å². The van der Waals surface area contributed by atoms with Crippen LogP contribution in [0.3, 0.4) is 0 Å². The zero-order valence-corrected chi connectivity index (χ0v) is 79.3. The predicted octanol–water partition coefficient (Wildman–Crippen LogP) is 33.1. The van der Waals surface area contributed by atoms with Gasteiger partial charge in [0.2, 0.25) is 0 Å². The van der Waals surface area contributed by atoms with E-state index >= 15 is 0 Å². The summed E-state index contributed by atoms with van der Waals surface area (Å²) in [5, 5.41) is 0. The monoisotopic (exact) mass is 2140 g/mol. The van der Waals surface area contributed by atoms with Crippen molar-refractivity contribution in [1.29, 1.82) is 0 Å². The Morgan fingerprint density at radius 3 is 0.638 bits per heavy atom. The molecule has 0 atom stereocenters. The number of nitrogens with zero attached hydrogens (tertiary/aromatic N) is 6. The van der Waals surface area contributed by atoms with Crippen LogP contribution in [-0.4, -0.2) is 29.9 Å². The first kappa shape index (κ1) is 68.7. The van der Waals surface area contributed by atoms with Gasteiger partial charge in [0, 0.05) is 52.7 Å². The molecular formula is C130H86Ir2N6. The third-order valence-corrected chi connectivity index (χ3v) is 24.7. The molecule has 6 nitrogen and oxygen atoms in total. The summed E-state index contributed by atoms with van der Waals surface area (Å²) >= 11 is 0. The third-order valence-electron chi connectivity index (χ3n) is 24.7. The summed E-state index contributed by atoms with van der Waals surface area (Å²) in [5.74, 6) is 0. The number of hydrogen-bond acceptors (Lipinski definition) is 6. The minimum atomic E-state index is -0.469. The van der Waals surface area contributed by atoms with Gasteiger partial charge in [-0.3, -0.25) is 4.98 Å². The summed E-state index contributed by atoms with van der Waals surface area (Å²) in [6, 6.07) is 111. The molecule has 0 unspecified atom stereocenters. The van der Waals surface area contributed by atoms with Gasteiger partial charge in [-0.2, -0.15) is 12.1 Å². The maximum atomic E-state index is 8.71. The van der Waals surface area contributed by atoms with E-state index in [2.05, 4.69) is 146 Å². The van der Waals surface area contributed by atoms with Crippen molar-refractivity contribution in [3.8, 4) is 234 Å². The molecule has 0 amide bonds. The molecule has 8 heteroatoms. The second-order valence-electron chi connectivity index (χ2n) is 33.1. The van der Waals surface area contributed by atoms with Gasteiger partial charge in [0.15, 0.2) is 0 Å². The molecule has 0 aliphatic heterocycles. The van der Waals surface area contributed by atoms with Crippen LogP contribution in [0.15, 0.2) is 449 Å². The predicted molar refractivity (Wildman–Crippen MR) is 559 cm³/mol. The van der Waals surface area contributed by atoms with E-state index in [-0.39, 0.29) is 111 Å². The molecule has 0 N–H and O–H groups in total. The van der Waals surface area contributed by atoms with Crippen LogP contribution in [0, 0.1) is 64.1 Å². The van der Waals surface area contributed by atoms with Crippen molar-refractivity contribution in [1.82, 2.24) is 29.9 Å². The van der Waals surface area contributed by atoms with Crippen LogP contribution in [0.1, 0.15) is 49.7 Å². The van der Waals surface area contributed by atoms with Crippen molar-refractivity contribution in [2.24, 2.45) is 0 Å². The molecule has 0 bridgehead atoms. The third kappa shape index (κ3) is 18.5. The molecule has 0 saturated carbocycles. The topological polar surface area (TPSA) is 77.3 Å². The van der Waals surface area contributed by atoms with Gasteiger partial charge in [0.1, 0.15) is 0 Å². The van der Waals surface area contributed by atoms with E-state index < -0.39 is 72.5 Å². The molecule has 654 valence electrons. The van der Waals surface area contributed by atoms with Gasteiger partial charge in [-0.1, -0.05) is 357 Å². The van der Waals surface area contributed by atoms with Gasteiger partial charge in [-0.15, -0.1) is 131 Å². The van der Waals surface area contributed by atoms with Crippen molar-refractivity contribution in [3.63, 3.8) is 0 Å². The van der Waals surface area contributed by atoms with Gasteiger partial charge in [-0.25, -0.2) is 12.1 Å². The molecular weight excluding hydrogens is 2030 g/mol. The number of benzene rings is 16. The van der Waals surface area contributed by atoms with Gasteiger partial charge in [-0.05, 0) is 205 Å². The Balaban J connectivity index is 0.00000746. The van der Waals surface area contributed by atoms with Gasteiger partial charge in [0.25, 0.3) is 0 Å². The molecule has 138 heavy (non-hydrogen) atoms. The van der Waals surface area contributed by atoms with E-state index in [1.807, 2.05) is 222 Å². The number of aromatic nitrogens is 6. The van der Waals surface area contributed by atoms with Crippen molar-refractivity contribution in [2.45, 2.75) is 27.7 Å². The SMILES string of the molecule is [2H]c1c([2H])c([2H])c(-c2cnc(-c3[c-]cc(-c4ccccc4-c4cc(-c5ccccc5-c5[c-]cc(-c6cc(C)c(-c7c([2H])c([2H])c([2H])c([2H])c7[2H])cn6)cc5)cc(-c5ccccc5-c5c[c-]c(-c6[c-]cc(-c7ccccc7-c7cc(-c8ccccc8-c8c[c-]c(-c9cc(C)c(-c%10c([2H])c([2H])c([2H])c([2H])c%10[2H])cn9)cc8)cc(-c8ccccc8-c8c[c-]c(-c9cc(C)c(-c%10c([2H])c([2H])c([2H])c([2H])c%10[2H])cn9)cc8)c7)cn6)nc5)c4)cc3)cc2C)c([2H])c1[2H].[Ir+3].[Ir+3]. The molecule has 6 aromatic heterocycles. The average molecular weight is 2140 g/mol. The van der Waals surface area contributed by atoms with E-state index in [1.54, 1.807) is 24.8 Å². The standard InChI is InChI=1S/C130H86N6.2Ir/c1-85-69-127(133-81-121(85)89-29-9-5-10-30-89)97-57-49-93(50-58-97)109-37-17-23-43-115(109)103-73-104(116-44-24-18-38-110(116)94-51-59-98(60-52-94)128-70-86(2)122(82-134-128)90-31-11-6-12-32-90)76-107(75-103)119-47-27-21-41-113(119)101-65-67-125(131-79-101)126-68-66-102(80-132-126)114-42-22-28-48-120(114)108-77-105(117-45-25-19-39-111(117)95-53-61-99(62-54-95)129-71-87(3)123(83-135-129)91-33-13-7-14-34-91)74-106(78-108)118-46-26-20-40-112(118)96-55-63-100(64-56-96)130-72-88(4)124(84-136-130)92-35-15-8-16-36-92;;/h5-55,57,59,61,63-66,69-84H,1-4H3;;/q-6;2*+3/i5D,6D,7D,8D,9D,10D,11D,12D,13D,14D,15D,16D,29D,30D,31D,32D,33D,34D,35D,36D;;. The summed E-state index contributed by atoms with van der Waals surface area (Å²) in [7, 11) is 0. The molecule has 6 heterocycles. The minimum absolute atomic E-state index is 0. The van der Waals surface area contributed by atoms with Gasteiger partial charge < -0.3 is 24.9 Å². The van der Waals surface area contributed by atoms with E-state index in [0.29, 0.717) is 95.4 Å². The molecule has 0 fully saturated rings. The Morgan fingerprint density at radius 2 is 0.391 bits per heavy atom. The Bertz CT molecular complexity index is 8430. The number of rotatable bonds is 21. The Labute approximate surface area is 861 Å². The molecule has 0 aliphatic carbocycles. The second kappa shape index (κ2) is 40.1. The average Bonchev–Trinajstić information content (AvgIpc) is 0.775. The van der Waals surface area contributed by atoms with Crippen LogP contribution in [0.5, 0.6) is 0 Å². The fourth-order valence-corrected chi connectivity index (χ4v) is 17.8. The van der Waals surface area contributed by atoms with E-state index in [9.17, 15) is 0 Å². The molecule has 0 spiro atoms. The smallest absolute Gasteiger partial charge is 0.357 e. The molecule has 22 aromatic rings. The first-order valence-electron chi connectivity index (χ1n) is 54.2. The fraction of sp³-hybridized carbons (Fsp3) is 0.0308. The minimum Gasteiger partial charge on any atom is -0.357 e. The Kier molecular flexibility index (Phi) is 20.0. The summed E-state index contributed by atoms with van der Waals surface area (Å²) < 4.78 is 169. The van der Waals surface area contributed by atoms with Crippen LogP contribution >= 0.6 is 0 Å². The van der Waals surface area contributed by atoms with Crippen molar-refractivity contribution >= 4 is 0 Å². The Hall–Kier alpha value is -16.3. The van der Waals surface area contributed by atoms with Crippen molar-refractivity contribution in [2.75, 3.05) is 0 Å². The number of pyridine rings is 6. The largest absolute Gasteiger partial charge is 3.00 e. The quantitative estimate of drug-likeness (QED) is 0.0667. The first-order chi connectivity index (χ1) is 75.3. The van der Waals surface area contributed by atoms with E-state index in [0.717, 1.165) is 139 Å². The molecule has 0 radical (unpaired) electrons.